The van der Waals surface area contributed by atoms with E-state index in [1.165, 1.54) is 50.9 Å². The van der Waals surface area contributed by atoms with Crippen LogP contribution in [0.4, 0.5) is 0 Å². The van der Waals surface area contributed by atoms with E-state index >= 15 is 0 Å². The van der Waals surface area contributed by atoms with Crippen molar-refractivity contribution in [3.63, 3.8) is 0 Å². The summed E-state index contributed by atoms with van der Waals surface area (Å²) in [6, 6.07) is 0. The SMILES string of the molecule is CCCNCC(C)(CCCSC)C1CC1. The standard InChI is InChI=1S/C13H27NS/c1-4-9-14-11-13(2,12-6-7-12)8-5-10-15-3/h12,14H,4-11H2,1-3H3. The van der Waals surface area contributed by atoms with Gasteiger partial charge in [0.1, 0.15) is 0 Å². The Balaban J connectivity index is 2.25. The number of hydrogen-bond acceptors (Lipinski definition) is 2. The molecule has 0 heterocycles. The lowest BCUT2D eigenvalue weighted by Crippen LogP contribution is -2.34. The van der Waals surface area contributed by atoms with Crippen molar-refractivity contribution in [2.75, 3.05) is 25.1 Å². The van der Waals surface area contributed by atoms with E-state index in [9.17, 15) is 0 Å². The van der Waals surface area contributed by atoms with Crippen LogP contribution >= 0.6 is 11.8 Å². The Morgan fingerprint density at radius 2 is 2.13 bits per heavy atom. The second-order valence-electron chi connectivity index (χ2n) is 5.20. The van der Waals surface area contributed by atoms with E-state index in [2.05, 4.69) is 25.4 Å². The summed E-state index contributed by atoms with van der Waals surface area (Å²) in [5.41, 5.74) is 0.588. The van der Waals surface area contributed by atoms with Gasteiger partial charge < -0.3 is 5.32 Å². The highest BCUT2D eigenvalue weighted by Gasteiger charge is 2.40. The molecule has 2 heteroatoms. The fraction of sp³-hybridized carbons (Fsp3) is 1.00. The quantitative estimate of drug-likeness (QED) is 0.607. The van der Waals surface area contributed by atoms with E-state index in [4.69, 9.17) is 0 Å². The third kappa shape index (κ3) is 4.78. The Kier molecular flexibility index (Phi) is 6.06. The lowest BCUT2D eigenvalue weighted by atomic mass is 9.80. The molecule has 0 amide bonds. The monoisotopic (exact) mass is 229 g/mol. The van der Waals surface area contributed by atoms with Crippen LogP contribution in [-0.4, -0.2) is 25.1 Å². The predicted molar refractivity (Wildman–Crippen MR) is 71.6 cm³/mol. The molecule has 0 aromatic rings. The van der Waals surface area contributed by atoms with Crippen LogP contribution in [0.1, 0.15) is 46.0 Å². The van der Waals surface area contributed by atoms with Crippen molar-refractivity contribution in [2.45, 2.75) is 46.0 Å². The summed E-state index contributed by atoms with van der Waals surface area (Å²) in [5, 5.41) is 3.62. The van der Waals surface area contributed by atoms with Gasteiger partial charge >= 0.3 is 0 Å². The van der Waals surface area contributed by atoms with Gasteiger partial charge in [-0.15, -0.1) is 0 Å². The molecule has 1 aliphatic carbocycles. The highest BCUT2D eigenvalue weighted by Crippen LogP contribution is 2.47. The smallest absolute Gasteiger partial charge is 0.000782 e. The van der Waals surface area contributed by atoms with Crippen LogP contribution in [0.25, 0.3) is 0 Å². The second-order valence-corrected chi connectivity index (χ2v) is 6.19. The van der Waals surface area contributed by atoms with Crippen LogP contribution in [-0.2, 0) is 0 Å². The first-order chi connectivity index (χ1) is 7.23. The maximum Gasteiger partial charge on any atom is 0.000782 e. The normalized spacial score (nSPS) is 20.2. The molecule has 0 radical (unpaired) electrons. The van der Waals surface area contributed by atoms with E-state index < -0.39 is 0 Å². The van der Waals surface area contributed by atoms with E-state index in [0.29, 0.717) is 5.41 Å². The molecular formula is C13H27NS. The van der Waals surface area contributed by atoms with Gasteiger partial charge in [-0.05, 0) is 62.0 Å². The van der Waals surface area contributed by atoms with Gasteiger partial charge in [0.2, 0.25) is 0 Å². The molecule has 1 unspecified atom stereocenters. The summed E-state index contributed by atoms with van der Waals surface area (Å²) in [6.07, 6.45) is 9.22. The zero-order chi connectivity index (χ0) is 11.1. The van der Waals surface area contributed by atoms with Gasteiger partial charge in [-0.25, -0.2) is 0 Å². The fourth-order valence-electron chi connectivity index (χ4n) is 2.39. The van der Waals surface area contributed by atoms with Crippen molar-refractivity contribution >= 4 is 11.8 Å². The summed E-state index contributed by atoms with van der Waals surface area (Å²) in [6.45, 7) is 7.16. The highest BCUT2D eigenvalue weighted by atomic mass is 32.2. The molecule has 0 aromatic carbocycles. The molecule has 1 rings (SSSR count). The summed E-state index contributed by atoms with van der Waals surface area (Å²) in [7, 11) is 0. The zero-order valence-electron chi connectivity index (χ0n) is 10.6. The van der Waals surface area contributed by atoms with Gasteiger partial charge in [-0.3, -0.25) is 0 Å². The molecule has 1 fully saturated rings. The molecule has 1 nitrogen and oxygen atoms in total. The van der Waals surface area contributed by atoms with Gasteiger partial charge in [0.25, 0.3) is 0 Å². The molecule has 0 aliphatic heterocycles. The molecule has 90 valence electrons. The largest absolute Gasteiger partial charge is 0.316 e. The highest BCUT2D eigenvalue weighted by molar-refractivity contribution is 7.98. The Morgan fingerprint density at radius 3 is 2.67 bits per heavy atom. The van der Waals surface area contributed by atoms with Crippen molar-refractivity contribution in [3.05, 3.63) is 0 Å². The third-order valence-electron chi connectivity index (χ3n) is 3.61. The lowest BCUT2D eigenvalue weighted by molar-refractivity contribution is 0.235. The van der Waals surface area contributed by atoms with Crippen molar-refractivity contribution in [1.82, 2.24) is 5.32 Å². The molecule has 1 N–H and O–H groups in total. The number of hydrogen-bond donors (Lipinski definition) is 1. The van der Waals surface area contributed by atoms with Crippen molar-refractivity contribution < 1.29 is 0 Å². The van der Waals surface area contributed by atoms with E-state index in [-0.39, 0.29) is 0 Å². The van der Waals surface area contributed by atoms with Gasteiger partial charge in [0.05, 0.1) is 0 Å². The minimum atomic E-state index is 0.588. The van der Waals surface area contributed by atoms with Gasteiger partial charge in [-0.2, -0.15) is 11.8 Å². The third-order valence-corrected chi connectivity index (χ3v) is 4.31. The maximum absolute atomic E-state index is 3.62. The Hall–Kier alpha value is 0.310. The summed E-state index contributed by atoms with van der Waals surface area (Å²) in [5.74, 6) is 2.35. The molecular weight excluding hydrogens is 202 g/mol. The fourth-order valence-corrected chi connectivity index (χ4v) is 2.82. The molecule has 1 aliphatic rings. The lowest BCUT2D eigenvalue weighted by Gasteiger charge is -2.30. The molecule has 15 heavy (non-hydrogen) atoms. The number of thioether (sulfide) groups is 1. The topological polar surface area (TPSA) is 12.0 Å². The van der Waals surface area contributed by atoms with Crippen LogP contribution in [0.5, 0.6) is 0 Å². The van der Waals surface area contributed by atoms with E-state index in [0.717, 1.165) is 5.92 Å². The average molecular weight is 229 g/mol. The minimum Gasteiger partial charge on any atom is -0.316 e. The van der Waals surface area contributed by atoms with Crippen LogP contribution in [0.3, 0.4) is 0 Å². The van der Waals surface area contributed by atoms with E-state index in [1.807, 2.05) is 11.8 Å². The molecule has 0 spiro atoms. The molecule has 1 saturated carbocycles. The van der Waals surface area contributed by atoms with Crippen LogP contribution in [0.2, 0.25) is 0 Å². The first kappa shape index (κ1) is 13.4. The van der Waals surface area contributed by atoms with Crippen molar-refractivity contribution in [2.24, 2.45) is 11.3 Å². The minimum absolute atomic E-state index is 0.588. The van der Waals surface area contributed by atoms with Gasteiger partial charge in [0, 0.05) is 6.54 Å². The predicted octanol–water partition coefficient (Wildman–Crippen LogP) is 3.55. The molecule has 1 atom stereocenters. The van der Waals surface area contributed by atoms with Crippen LogP contribution < -0.4 is 5.32 Å². The molecule has 0 bridgehead atoms. The summed E-state index contributed by atoms with van der Waals surface area (Å²) in [4.78, 5) is 0. The molecule has 0 aromatic heterocycles. The Bertz CT molecular complexity index is 156. The van der Waals surface area contributed by atoms with Crippen molar-refractivity contribution in [3.8, 4) is 0 Å². The Morgan fingerprint density at radius 1 is 1.40 bits per heavy atom. The first-order valence-electron chi connectivity index (χ1n) is 6.42. The van der Waals surface area contributed by atoms with Gasteiger partial charge in [-0.1, -0.05) is 13.8 Å². The first-order valence-corrected chi connectivity index (χ1v) is 7.82. The number of nitrogens with one attached hydrogen (secondary N) is 1. The molecule has 0 saturated heterocycles. The van der Waals surface area contributed by atoms with Gasteiger partial charge in [0.15, 0.2) is 0 Å². The van der Waals surface area contributed by atoms with E-state index in [1.54, 1.807) is 0 Å². The summed E-state index contributed by atoms with van der Waals surface area (Å²) < 4.78 is 0. The van der Waals surface area contributed by atoms with Crippen LogP contribution in [0, 0.1) is 11.3 Å². The maximum atomic E-state index is 3.62. The van der Waals surface area contributed by atoms with Crippen LogP contribution in [0.15, 0.2) is 0 Å². The summed E-state index contributed by atoms with van der Waals surface area (Å²) >= 11 is 1.98. The Labute approximate surface area is 99.8 Å². The zero-order valence-corrected chi connectivity index (χ0v) is 11.5. The number of rotatable bonds is 9. The van der Waals surface area contributed by atoms with Crippen molar-refractivity contribution in [1.29, 1.82) is 0 Å². The average Bonchev–Trinajstić information content (AvgIpc) is 3.02. The second kappa shape index (κ2) is 6.80.